The van der Waals surface area contributed by atoms with Crippen molar-refractivity contribution in [3.63, 3.8) is 0 Å². The molecule has 50 valence electrons. The van der Waals surface area contributed by atoms with Gasteiger partial charge in [-0.05, 0) is 0 Å². The van der Waals surface area contributed by atoms with Crippen molar-refractivity contribution in [3.8, 4) is 0 Å². The van der Waals surface area contributed by atoms with Gasteiger partial charge in [-0.25, -0.2) is 0 Å². The molecule has 0 aliphatic heterocycles. The van der Waals surface area contributed by atoms with E-state index in [1.165, 1.54) is 5.56 Å². The van der Waals surface area contributed by atoms with Crippen LogP contribution in [0.5, 0.6) is 0 Å². The molecule has 1 heteroatoms. The molecule has 0 heterocycles. The monoisotopic (exact) mass is 184 g/mol. The summed E-state index contributed by atoms with van der Waals surface area (Å²) >= 11 is 0. The van der Waals surface area contributed by atoms with Crippen molar-refractivity contribution >= 4 is 0 Å². The molecule has 0 bridgehead atoms. The zero-order valence-electron chi connectivity index (χ0n) is 6.72. The first kappa shape index (κ1) is 12.4. The van der Waals surface area contributed by atoms with E-state index in [0.717, 1.165) is 5.56 Å². The van der Waals surface area contributed by atoms with Gasteiger partial charge in [-0.1, -0.05) is 13.0 Å². The first-order chi connectivity index (χ1) is 3.80. The first-order valence-corrected chi connectivity index (χ1v) is 2.68. The number of rotatable bonds is 0. The average Bonchev–Trinajstić information content (AvgIpc) is 1.77. The smallest absolute Gasteiger partial charge is 0.358 e. The van der Waals surface area contributed by atoms with Crippen molar-refractivity contribution in [2.75, 3.05) is 0 Å². The number of aryl methyl sites for hydroxylation is 1. The van der Waals surface area contributed by atoms with E-state index in [4.69, 9.17) is 0 Å². The van der Waals surface area contributed by atoms with Crippen molar-refractivity contribution in [1.82, 2.24) is 0 Å². The van der Waals surface area contributed by atoms with E-state index >= 15 is 0 Å². The Kier molecular flexibility index (Phi) is 6.81. The summed E-state index contributed by atoms with van der Waals surface area (Å²) in [6, 6.07) is 8.08. The Morgan fingerprint density at radius 2 is 1.70 bits per heavy atom. The molecule has 0 unspecified atom stereocenters. The van der Waals surface area contributed by atoms with Crippen molar-refractivity contribution < 1.29 is 19.5 Å². The number of hydrogen-bond donors (Lipinski definition) is 0. The molecule has 1 aromatic carbocycles. The maximum atomic E-state index is 3.82. The van der Waals surface area contributed by atoms with E-state index in [1.54, 1.807) is 0 Å². The summed E-state index contributed by atoms with van der Waals surface area (Å²) in [5.74, 6) is 0. The van der Waals surface area contributed by atoms with Crippen LogP contribution in [0.2, 0.25) is 0 Å². The van der Waals surface area contributed by atoms with Gasteiger partial charge in [0, 0.05) is 0 Å². The zero-order valence-corrected chi connectivity index (χ0v) is 9.69. The Hall–Kier alpha value is -0.287. The first-order valence-electron chi connectivity index (χ1n) is 2.68. The van der Waals surface area contributed by atoms with E-state index < -0.39 is 0 Å². The second-order valence-corrected chi connectivity index (χ2v) is 1.93. The van der Waals surface area contributed by atoms with E-state index in [0.29, 0.717) is 0 Å². The van der Waals surface area contributed by atoms with Gasteiger partial charge in [0.15, 0.2) is 0 Å². The summed E-state index contributed by atoms with van der Waals surface area (Å²) in [5.41, 5.74) is 2.38. The predicted molar refractivity (Wildman–Crippen MR) is 42.1 cm³/mol. The summed E-state index contributed by atoms with van der Waals surface area (Å²) in [7, 11) is 0. The van der Waals surface area contributed by atoms with E-state index in [1.807, 2.05) is 18.2 Å². The minimum Gasteiger partial charge on any atom is -0.358 e. The van der Waals surface area contributed by atoms with Crippen LogP contribution in [0.1, 0.15) is 11.1 Å². The molecule has 10 heavy (non-hydrogen) atoms. The van der Waals surface area contributed by atoms with Gasteiger partial charge in [-0.3, -0.25) is 0 Å². The van der Waals surface area contributed by atoms with Gasteiger partial charge >= 0.3 is 19.5 Å². The molecule has 0 fully saturated rings. The molecule has 0 N–H and O–H groups in total. The molecular weight excluding hydrogens is 173 g/mol. The van der Waals surface area contributed by atoms with Gasteiger partial charge in [0.2, 0.25) is 0 Å². The van der Waals surface area contributed by atoms with Crippen LogP contribution in [-0.4, -0.2) is 0 Å². The van der Waals surface area contributed by atoms with Crippen LogP contribution < -0.4 is 0 Å². The fourth-order valence-corrected chi connectivity index (χ4v) is 0.610. The molecule has 0 radical (unpaired) electrons. The normalized spacial score (nSPS) is 7.30. The maximum absolute atomic E-state index is 3.82. The molecule has 0 atom stereocenters. The van der Waals surface area contributed by atoms with Crippen LogP contribution in [-0.2, 0) is 19.5 Å². The molecule has 0 amide bonds. The summed E-state index contributed by atoms with van der Waals surface area (Å²) < 4.78 is 0. The minimum atomic E-state index is 0. The third-order valence-electron chi connectivity index (χ3n) is 1.26. The molecular formula is C9H12Zn. The zero-order chi connectivity index (χ0) is 5.98. The van der Waals surface area contributed by atoms with E-state index in [9.17, 15) is 0 Å². The second kappa shape index (κ2) is 5.49. The van der Waals surface area contributed by atoms with Gasteiger partial charge < -0.3 is 7.43 Å². The Morgan fingerprint density at radius 3 is 2.00 bits per heavy atom. The van der Waals surface area contributed by atoms with Crippen molar-refractivity contribution in [3.05, 3.63) is 49.7 Å². The van der Waals surface area contributed by atoms with Crippen molar-refractivity contribution in [2.24, 2.45) is 0 Å². The quantitative estimate of drug-likeness (QED) is 0.431. The van der Waals surface area contributed by atoms with Crippen LogP contribution in [0.3, 0.4) is 0 Å². The fourth-order valence-electron chi connectivity index (χ4n) is 0.610. The SMILES string of the molecule is [CH2-]c1ccccc1C.[CH3-].[Zn+2]. The predicted octanol–water partition coefficient (Wildman–Crippen LogP) is 2.63. The van der Waals surface area contributed by atoms with Crippen molar-refractivity contribution in [1.29, 1.82) is 0 Å². The van der Waals surface area contributed by atoms with E-state index in [2.05, 4.69) is 19.9 Å². The number of hydrogen-bond acceptors (Lipinski definition) is 0. The summed E-state index contributed by atoms with van der Waals surface area (Å²) in [6.45, 7) is 5.88. The summed E-state index contributed by atoms with van der Waals surface area (Å²) in [4.78, 5) is 0. The molecule has 0 spiro atoms. The van der Waals surface area contributed by atoms with Crippen molar-refractivity contribution in [2.45, 2.75) is 6.92 Å². The van der Waals surface area contributed by atoms with Crippen LogP contribution in [0.15, 0.2) is 24.3 Å². The molecule has 0 aromatic heterocycles. The molecule has 0 saturated carbocycles. The standard InChI is InChI=1S/C8H9.CH3.Zn/c1-7-5-3-4-6-8(7)2;;/h3-6H,1H2,2H3;1H3;/q2*-1;+2. The molecule has 0 aliphatic carbocycles. The Morgan fingerprint density at radius 1 is 1.20 bits per heavy atom. The van der Waals surface area contributed by atoms with Gasteiger partial charge in [-0.2, -0.15) is 24.1 Å². The van der Waals surface area contributed by atoms with Gasteiger partial charge in [0.25, 0.3) is 0 Å². The third kappa shape index (κ3) is 3.03. The van der Waals surface area contributed by atoms with Gasteiger partial charge in [-0.15, -0.1) is 12.1 Å². The molecule has 0 aliphatic rings. The number of benzene rings is 1. The third-order valence-corrected chi connectivity index (χ3v) is 1.26. The molecule has 1 aromatic rings. The summed E-state index contributed by atoms with van der Waals surface area (Å²) in [5, 5.41) is 0. The Balaban J connectivity index is 0. The maximum Gasteiger partial charge on any atom is 2.00 e. The summed E-state index contributed by atoms with van der Waals surface area (Å²) in [6.07, 6.45) is 0. The van der Waals surface area contributed by atoms with Crippen LogP contribution in [0.4, 0.5) is 0 Å². The van der Waals surface area contributed by atoms with Gasteiger partial charge in [0.05, 0.1) is 0 Å². The van der Waals surface area contributed by atoms with Gasteiger partial charge in [0.1, 0.15) is 0 Å². The minimum absolute atomic E-state index is 0. The molecule has 1 rings (SSSR count). The van der Waals surface area contributed by atoms with Crippen LogP contribution >= 0.6 is 0 Å². The Labute approximate surface area is 76.4 Å². The molecule has 0 saturated heterocycles. The fraction of sp³-hybridized carbons (Fsp3) is 0.111. The van der Waals surface area contributed by atoms with E-state index in [-0.39, 0.29) is 26.9 Å². The van der Waals surface area contributed by atoms with Crippen LogP contribution in [0.25, 0.3) is 0 Å². The van der Waals surface area contributed by atoms with Crippen LogP contribution in [0, 0.1) is 21.3 Å². The Bertz CT molecular complexity index is 161. The average molecular weight is 186 g/mol. The largest absolute Gasteiger partial charge is 2.00 e. The molecule has 0 nitrogen and oxygen atoms in total. The second-order valence-electron chi connectivity index (χ2n) is 1.93. The topological polar surface area (TPSA) is 0 Å².